The molecule has 3 heterocycles. The Kier molecular flexibility index (Phi) is 5.79. The Labute approximate surface area is 169 Å². The standard InChI is InChI=1S/C23H23FN4O/c24-19-6-4-17(5-7-19)22(18-10-12-25-13-11-18)23(29)27-20-8-9-21(26-16-20)28-14-2-1-3-15-28/h4-13,16,22H,1-3,14-15H2,(H,27,29). The summed E-state index contributed by atoms with van der Waals surface area (Å²) in [5.41, 5.74) is 2.15. The van der Waals surface area contributed by atoms with Gasteiger partial charge in [0.2, 0.25) is 5.91 Å². The van der Waals surface area contributed by atoms with Gasteiger partial charge in [-0.1, -0.05) is 12.1 Å². The first-order valence-corrected chi connectivity index (χ1v) is 9.88. The van der Waals surface area contributed by atoms with E-state index in [2.05, 4.69) is 20.2 Å². The van der Waals surface area contributed by atoms with Crippen molar-refractivity contribution in [1.82, 2.24) is 9.97 Å². The van der Waals surface area contributed by atoms with Gasteiger partial charge in [0.1, 0.15) is 11.6 Å². The maximum absolute atomic E-state index is 13.4. The van der Waals surface area contributed by atoms with E-state index in [1.54, 1.807) is 42.9 Å². The van der Waals surface area contributed by atoms with Crippen molar-refractivity contribution in [2.75, 3.05) is 23.3 Å². The van der Waals surface area contributed by atoms with Crippen molar-refractivity contribution >= 4 is 17.4 Å². The molecule has 0 radical (unpaired) electrons. The molecule has 0 bridgehead atoms. The van der Waals surface area contributed by atoms with E-state index in [0.29, 0.717) is 11.3 Å². The Morgan fingerprint density at radius 3 is 2.28 bits per heavy atom. The van der Waals surface area contributed by atoms with Crippen molar-refractivity contribution in [1.29, 1.82) is 0 Å². The molecular formula is C23H23FN4O. The molecule has 0 spiro atoms. The van der Waals surface area contributed by atoms with Crippen LogP contribution in [0.2, 0.25) is 0 Å². The number of hydrogen-bond acceptors (Lipinski definition) is 4. The van der Waals surface area contributed by atoms with Gasteiger partial charge in [-0.15, -0.1) is 0 Å². The summed E-state index contributed by atoms with van der Waals surface area (Å²) in [4.78, 5) is 23.9. The number of amides is 1. The summed E-state index contributed by atoms with van der Waals surface area (Å²) in [5, 5.41) is 2.95. The van der Waals surface area contributed by atoms with Crippen LogP contribution < -0.4 is 10.2 Å². The molecule has 1 unspecified atom stereocenters. The lowest BCUT2D eigenvalue weighted by molar-refractivity contribution is -0.116. The molecule has 2 aromatic heterocycles. The molecule has 1 fully saturated rings. The van der Waals surface area contributed by atoms with Crippen molar-refractivity contribution in [2.24, 2.45) is 0 Å². The summed E-state index contributed by atoms with van der Waals surface area (Å²) in [6, 6.07) is 13.4. The second kappa shape index (κ2) is 8.82. The molecule has 3 aromatic rings. The average Bonchev–Trinajstić information content (AvgIpc) is 2.77. The number of carbonyl (C=O) groups is 1. The summed E-state index contributed by atoms with van der Waals surface area (Å²) >= 11 is 0. The maximum atomic E-state index is 13.4. The van der Waals surface area contributed by atoms with Gasteiger partial charge in [0.15, 0.2) is 0 Å². The minimum atomic E-state index is -0.569. The van der Waals surface area contributed by atoms with Crippen LogP contribution in [0.1, 0.15) is 36.3 Å². The zero-order chi connectivity index (χ0) is 20.1. The number of piperidine rings is 1. The van der Waals surface area contributed by atoms with Crippen molar-refractivity contribution in [2.45, 2.75) is 25.2 Å². The van der Waals surface area contributed by atoms with Crippen LogP contribution in [0, 0.1) is 5.82 Å². The normalized spacial score (nSPS) is 15.0. The first kappa shape index (κ1) is 19.1. The molecule has 1 aromatic carbocycles. The Bertz CT molecular complexity index is 939. The number of aromatic nitrogens is 2. The SMILES string of the molecule is O=C(Nc1ccc(N2CCCCC2)nc1)C(c1ccncc1)c1ccc(F)cc1. The molecule has 1 amide bonds. The molecule has 1 aliphatic heterocycles. The molecular weight excluding hydrogens is 367 g/mol. The smallest absolute Gasteiger partial charge is 0.236 e. The molecule has 5 nitrogen and oxygen atoms in total. The van der Waals surface area contributed by atoms with Crippen LogP contribution in [0.4, 0.5) is 15.9 Å². The fourth-order valence-corrected chi connectivity index (χ4v) is 3.69. The van der Waals surface area contributed by atoms with Gasteiger partial charge in [0, 0.05) is 25.5 Å². The predicted molar refractivity (Wildman–Crippen MR) is 111 cm³/mol. The van der Waals surface area contributed by atoms with E-state index in [1.165, 1.54) is 31.4 Å². The van der Waals surface area contributed by atoms with E-state index in [-0.39, 0.29) is 11.7 Å². The minimum absolute atomic E-state index is 0.199. The summed E-state index contributed by atoms with van der Waals surface area (Å²) < 4.78 is 13.4. The van der Waals surface area contributed by atoms with E-state index in [1.807, 2.05) is 12.1 Å². The number of carbonyl (C=O) groups excluding carboxylic acids is 1. The van der Waals surface area contributed by atoms with Gasteiger partial charge in [-0.25, -0.2) is 9.37 Å². The van der Waals surface area contributed by atoms with Crippen molar-refractivity contribution in [3.05, 3.63) is 84.1 Å². The van der Waals surface area contributed by atoms with Gasteiger partial charge in [0.25, 0.3) is 0 Å². The highest BCUT2D eigenvalue weighted by molar-refractivity contribution is 5.98. The van der Waals surface area contributed by atoms with E-state index in [9.17, 15) is 9.18 Å². The van der Waals surface area contributed by atoms with Gasteiger partial charge in [0.05, 0.1) is 17.8 Å². The van der Waals surface area contributed by atoms with E-state index >= 15 is 0 Å². The Morgan fingerprint density at radius 2 is 1.62 bits per heavy atom. The highest BCUT2D eigenvalue weighted by atomic mass is 19.1. The molecule has 4 rings (SSSR count). The van der Waals surface area contributed by atoms with Crippen molar-refractivity contribution < 1.29 is 9.18 Å². The third-order valence-corrected chi connectivity index (χ3v) is 5.20. The third kappa shape index (κ3) is 4.59. The number of benzene rings is 1. The monoisotopic (exact) mass is 390 g/mol. The molecule has 29 heavy (non-hydrogen) atoms. The zero-order valence-corrected chi connectivity index (χ0v) is 16.1. The average molecular weight is 390 g/mol. The van der Waals surface area contributed by atoms with Gasteiger partial charge >= 0.3 is 0 Å². The second-order valence-electron chi connectivity index (χ2n) is 7.21. The number of hydrogen-bond donors (Lipinski definition) is 1. The highest BCUT2D eigenvalue weighted by Crippen LogP contribution is 2.27. The first-order chi connectivity index (χ1) is 14.2. The van der Waals surface area contributed by atoms with Crippen molar-refractivity contribution in [3.8, 4) is 0 Å². The second-order valence-corrected chi connectivity index (χ2v) is 7.21. The Balaban J connectivity index is 1.54. The van der Waals surface area contributed by atoms with Crippen molar-refractivity contribution in [3.63, 3.8) is 0 Å². The third-order valence-electron chi connectivity index (χ3n) is 5.20. The summed E-state index contributed by atoms with van der Waals surface area (Å²) in [6.45, 7) is 2.04. The van der Waals surface area contributed by atoms with Crippen LogP contribution in [0.3, 0.4) is 0 Å². The number of rotatable bonds is 5. The largest absolute Gasteiger partial charge is 0.357 e. The van der Waals surface area contributed by atoms with Crippen LogP contribution in [0.5, 0.6) is 0 Å². The molecule has 0 aliphatic carbocycles. The van der Waals surface area contributed by atoms with E-state index < -0.39 is 5.92 Å². The molecule has 1 saturated heterocycles. The number of nitrogens with one attached hydrogen (secondary N) is 1. The quantitative estimate of drug-likeness (QED) is 0.703. The number of nitrogens with zero attached hydrogens (tertiary/aromatic N) is 3. The Hall–Kier alpha value is -3.28. The number of pyridine rings is 2. The molecule has 1 N–H and O–H groups in total. The van der Waals surface area contributed by atoms with E-state index in [0.717, 1.165) is 24.5 Å². The fraction of sp³-hybridized carbons (Fsp3) is 0.261. The van der Waals surface area contributed by atoms with Crippen LogP contribution in [0.15, 0.2) is 67.1 Å². The highest BCUT2D eigenvalue weighted by Gasteiger charge is 2.23. The number of anilines is 2. The molecule has 6 heteroatoms. The molecule has 1 atom stereocenters. The topological polar surface area (TPSA) is 58.1 Å². The summed E-state index contributed by atoms with van der Waals surface area (Å²) in [6.07, 6.45) is 8.62. The predicted octanol–water partition coefficient (Wildman–Crippen LogP) is 4.38. The lowest BCUT2D eigenvalue weighted by Crippen LogP contribution is -2.30. The summed E-state index contributed by atoms with van der Waals surface area (Å²) in [7, 11) is 0. The fourth-order valence-electron chi connectivity index (χ4n) is 3.69. The van der Waals surface area contributed by atoms with Crippen LogP contribution in [-0.4, -0.2) is 29.0 Å². The lowest BCUT2D eigenvalue weighted by atomic mass is 9.91. The van der Waals surface area contributed by atoms with Gasteiger partial charge < -0.3 is 10.2 Å². The van der Waals surface area contributed by atoms with Crippen LogP contribution >= 0.6 is 0 Å². The lowest BCUT2D eigenvalue weighted by Gasteiger charge is -2.27. The number of halogens is 1. The van der Waals surface area contributed by atoms with Crippen LogP contribution in [0.25, 0.3) is 0 Å². The van der Waals surface area contributed by atoms with Gasteiger partial charge in [-0.05, 0) is 66.8 Å². The van der Waals surface area contributed by atoms with E-state index in [4.69, 9.17) is 0 Å². The van der Waals surface area contributed by atoms with Gasteiger partial charge in [-0.3, -0.25) is 9.78 Å². The van der Waals surface area contributed by atoms with Crippen LogP contribution in [-0.2, 0) is 4.79 Å². The minimum Gasteiger partial charge on any atom is -0.357 e. The first-order valence-electron chi connectivity index (χ1n) is 9.88. The van der Waals surface area contributed by atoms with Gasteiger partial charge in [-0.2, -0.15) is 0 Å². The summed E-state index contributed by atoms with van der Waals surface area (Å²) in [5.74, 6) is -0.164. The molecule has 1 aliphatic rings. The molecule has 148 valence electrons. The zero-order valence-electron chi connectivity index (χ0n) is 16.1. The molecule has 0 saturated carbocycles. The Morgan fingerprint density at radius 1 is 0.931 bits per heavy atom. The maximum Gasteiger partial charge on any atom is 0.236 e.